The fraction of sp³-hybridized carbons (Fsp3) is 0.273. The number of tetrazole rings is 1. The summed E-state index contributed by atoms with van der Waals surface area (Å²) in [7, 11) is 0. The van der Waals surface area contributed by atoms with Crippen LogP contribution in [0.15, 0.2) is 29.4 Å². The lowest BCUT2D eigenvalue weighted by atomic mass is 10.3. The molecular weight excluding hydrogens is 270 g/mol. The zero-order chi connectivity index (χ0) is 13.0. The zero-order valence-corrected chi connectivity index (χ0v) is 11.2. The summed E-state index contributed by atoms with van der Waals surface area (Å²) in [6.45, 7) is 1.86. The van der Waals surface area contributed by atoms with E-state index in [1.807, 2.05) is 19.1 Å². The van der Waals surface area contributed by atoms with Gasteiger partial charge < -0.3 is 0 Å². The Balaban J connectivity index is 2.20. The Morgan fingerprint density at radius 3 is 3.11 bits per heavy atom. The Morgan fingerprint density at radius 2 is 2.39 bits per heavy atom. The first-order chi connectivity index (χ1) is 8.70. The quantitative estimate of drug-likeness (QED) is 0.805. The van der Waals surface area contributed by atoms with Crippen LogP contribution in [0.2, 0.25) is 5.02 Å². The van der Waals surface area contributed by atoms with Gasteiger partial charge in [0, 0.05) is 10.8 Å². The Hall–Kier alpha value is -1.58. The smallest absolute Gasteiger partial charge is 0.198 e. The summed E-state index contributed by atoms with van der Waals surface area (Å²) in [6.07, 6.45) is 0. The number of nitrogens with zero attached hydrogens (tertiary/aromatic N) is 5. The summed E-state index contributed by atoms with van der Waals surface area (Å²) >= 11 is 7.38. The minimum Gasteiger partial charge on any atom is -0.198 e. The molecule has 0 saturated heterocycles. The molecule has 0 N–H and O–H groups in total. The Kier molecular flexibility index (Phi) is 4.18. The summed E-state index contributed by atoms with van der Waals surface area (Å²) in [5.41, 5.74) is 0.805. The molecule has 7 heteroatoms. The van der Waals surface area contributed by atoms with E-state index < -0.39 is 0 Å². The number of halogens is 1. The van der Waals surface area contributed by atoms with E-state index in [0.717, 1.165) is 5.69 Å². The molecule has 0 aliphatic heterocycles. The molecular formula is C11H10ClN5S. The van der Waals surface area contributed by atoms with Crippen molar-refractivity contribution in [3.05, 3.63) is 29.3 Å². The third-order valence-electron chi connectivity index (χ3n) is 2.18. The van der Waals surface area contributed by atoms with Gasteiger partial charge in [-0.3, -0.25) is 0 Å². The second-order valence-corrected chi connectivity index (χ2v) is 5.12. The topological polar surface area (TPSA) is 67.4 Å². The Morgan fingerprint density at radius 1 is 1.56 bits per heavy atom. The molecule has 1 atom stereocenters. The molecule has 0 bridgehead atoms. The van der Waals surface area contributed by atoms with Crippen LogP contribution in [0.25, 0.3) is 5.69 Å². The maximum absolute atomic E-state index is 8.75. The van der Waals surface area contributed by atoms with Crippen LogP contribution >= 0.6 is 23.4 Å². The zero-order valence-electron chi connectivity index (χ0n) is 9.62. The normalized spacial score (nSPS) is 12.1. The molecule has 2 rings (SSSR count). The van der Waals surface area contributed by atoms with E-state index in [4.69, 9.17) is 16.9 Å². The van der Waals surface area contributed by atoms with Crippen LogP contribution in [0, 0.1) is 17.2 Å². The van der Waals surface area contributed by atoms with Crippen molar-refractivity contribution < 1.29 is 0 Å². The highest BCUT2D eigenvalue weighted by molar-refractivity contribution is 7.99. The molecule has 1 aromatic carbocycles. The highest BCUT2D eigenvalue weighted by Crippen LogP contribution is 2.21. The van der Waals surface area contributed by atoms with Crippen molar-refractivity contribution in [3.63, 3.8) is 0 Å². The number of rotatable bonds is 4. The number of thioether (sulfide) groups is 1. The molecule has 0 amide bonds. The van der Waals surface area contributed by atoms with E-state index >= 15 is 0 Å². The van der Waals surface area contributed by atoms with Gasteiger partial charge in [0.15, 0.2) is 0 Å². The number of nitriles is 1. The maximum atomic E-state index is 8.75. The van der Waals surface area contributed by atoms with Gasteiger partial charge in [-0.25, -0.2) is 0 Å². The van der Waals surface area contributed by atoms with Crippen LogP contribution in [0.3, 0.4) is 0 Å². The van der Waals surface area contributed by atoms with Crippen molar-refractivity contribution in [2.45, 2.75) is 12.1 Å². The van der Waals surface area contributed by atoms with Crippen molar-refractivity contribution in [1.29, 1.82) is 5.26 Å². The van der Waals surface area contributed by atoms with E-state index in [0.29, 0.717) is 15.9 Å². The second-order valence-electron chi connectivity index (χ2n) is 3.69. The number of aromatic nitrogens is 4. The van der Waals surface area contributed by atoms with Crippen LogP contribution < -0.4 is 0 Å². The van der Waals surface area contributed by atoms with Crippen LogP contribution in [0.1, 0.15) is 6.92 Å². The highest BCUT2D eigenvalue weighted by atomic mass is 35.5. The Bertz CT molecular complexity index is 577. The number of benzene rings is 1. The Labute approximate surface area is 114 Å². The largest absolute Gasteiger partial charge is 0.214 e. The van der Waals surface area contributed by atoms with Crippen LogP contribution in [0.4, 0.5) is 0 Å². The SMILES string of the molecule is C[C@H](C#N)CSc1nnnn1-c1cccc(Cl)c1. The number of hydrogen-bond acceptors (Lipinski definition) is 5. The van der Waals surface area contributed by atoms with Crippen LogP contribution in [-0.4, -0.2) is 26.0 Å². The molecule has 0 aliphatic carbocycles. The van der Waals surface area contributed by atoms with E-state index in [2.05, 4.69) is 21.6 Å². The third-order valence-corrected chi connectivity index (χ3v) is 3.59. The van der Waals surface area contributed by atoms with E-state index in [9.17, 15) is 0 Å². The average Bonchev–Trinajstić information content (AvgIpc) is 2.84. The minimum atomic E-state index is -0.0421. The van der Waals surface area contributed by atoms with Gasteiger partial charge in [0.05, 0.1) is 17.7 Å². The minimum absolute atomic E-state index is 0.0421. The first kappa shape index (κ1) is 12.9. The molecule has 0 aliphatic rings. The summed E-state index contributed by atoms with van der Waals surface area (Å²) < 4.78 is 1.61. The van der Waals surface area contributed by atoms with Crippen molar-refractivity contribution in [2.24, 2.45) is 5.92 Å². The van der Waals surface area contributed by atoms with E-state index in [1.165, 1.54) is 11.8 Å². The van der Waals surface area contributed by atoms with Crippen molar-refractivity contribution in [1.82, 2.24) is 20.2 Å². The molecule has 2 aromatic rings. The molecule has 1 aromatic heterocycles. The maximum Gasteiger partial charge on any atom is 0.214 e. The van der Waals surface area contributed by atoms with E-state index in [-0.39, 0.29) is 5.92 Å². The van der Waals surface area contributed by atoms with Gasteiger partial charge in [-0.2, -0.15) is 9.94 Å². The summed E-state index contributed by atoms with van der Waals surface area (Å²) in [6, 6.07) is 9.47. The predicted octanol–water partition coefficient (Wildman–Crippen LogP) is 2.57. The molecule has 18 heavy (non-hydrogen) atoms. The summed E-state index contributed by atoms with van der Waals surface area (Å²) in [5.74, 6) is 0.608. The fourth-order valence-corrected chi connectivity index (χ4v) is 2.29. The standard InChI is InChI=1S/C11H10ClN5S/c1-8(6-13)7-18-11-14-15-16-17(11)10-4-2-3-9(12)5-10/h2-5,8H,7H2,1H3/t8-/m1/s1. The lowest BCUT2D eigenvalue weighted by Crippen LogP contribution is -2.01. The average molecular weight is 280 g/mol. The molecule has 0 unspecified atom stereocenters. The van der Waals surface area contributed by atoms with Gasteiger partial charge in [-0.05, 0) is 35.5 Å². The van der Waals surface area contributed by atoms with E-state index in [1.54, 1.807) is 16.8 Å². The van der Waals surface area contributed by atoms with Crippen molar-refractivity contribution in [3.8, 4) is 11.8 Å². The fourth-order valence-electron chi connectivity index (χ4n) is 1.28. The molecule has 0 radical (unpaired) electrons. The molecule has 0 spiro atoms. The third kappa shape index (κ3) is 3.00. The van der Waals surface area contributed by atoms with Crippen LogP contribution in [0.5, 0.6) is 0 Å². The molecule has 0 fully saturated rings. The van der Waals surface area contributed by atoms with Gasteiger partial charge in [0.25, 0.3) is 0 Å². The monoisotopic (exact) mass is 279 g/mol. The second kappa shape index (κ2) is 5.85. The highest BCUT2D eigenvalue weighted by Gasteiger charge is 2.11. The van der Waals surface area contributed by atoms with Gasteiger partial charge >= 0.3 is 0 Å². The van der Waals surface area contributed by atoms with Crippen LogP contribution in [-0.2, 0) is 0 Å². The van der Waals surface area contributed by atoms with Gasteiger partial charge in [0.1, 0.15) is 0 Å². The van der Waals surface area contributed by atoms with Crippen molar-refractivity contribution in [2.75, 3.05) is 5.75 Å². The summed E-state index contributed by atoms with van der Waals surface area (Å²) in [5, 5.41) is 21.5. The van der Waals surface area contributed by atoms with Gasteiger partial charge in [-0.1, -0.05) is 29.4 Å². The molecule has 92 valence electrons. The molecule has 1 heterocycles. The summed E-state index contributed by atoms with van der Waals surface area (Å²) in [4.78, 5) is 0. The first-order valence-corrected chi connectivity index (χ1v) is 6.64. The molecule has 5 nitrogen and oxygen atoms in total. The van der Waals surface area contributed by atoms with Gasteiger partial charge in [-0.15, -0.1) is 5.10 Å². The predicted molar refractivity (Wildman–Crippen MR) is 69.7 cm³/mol. The first-order valence-electron chi connectivity index (χ1n) is 5.27. The van der Waals surface area contributed by atoms with Crippen molar-refractivity contribution >= 4 is 23.4 Å². The van der Waals surface area contributed by atoms with Gasteiger partial charge in [0.2, 0.25) is 5.16 Å². The number of hydrogen-bond donors (Lipinski definition) is 0. The lowest BCUT2D eigenvalue weighted by molar-refractivity contribution is 0.754. The lowest BCUT2D eigenvalue weighted by Gasteiger charge is -2.04. The molecule has 0 saturated carbocycles.